The van der Waals surface area contributed by atoms with Crippen molar-refractivity contribution >= 4 is 17.0 Å². The van der Waals surface area contributed by atoms with Crippen LogP contribution >= 0.6 is 0 Å². The molecule has 0 saturated carbocycles. The fraction of sp³-hybridized carbons (Fsp3) is 0.250. The van der Waals surface area contributed by atoms with Crippen molar-refractivity contribution < 1.29 is 19.0 Å². The van der Waals surface area contributed by atoms with Crippen molar-refractivity contribution in [3.8, 4) is 5.75 Å². The van der Waals surface area contributed by atoms with E-state index in [4.69, 9.17) is 4.74 Å². The van der Waals surface area contributed by atoms with Gasteiger partial charge in [-0.05, 0) is 55.2 Å². The number of fused-ring (bicyclic) bond motifs is 1. The van der Waals surface area contributed by atoms with Gasteiger partial charge in [-0.15, -0.1) is 0 Å². The number of carbonyl (C=O) groups excluding carboxylic acids is 1. The predicted octanol–water partition coefficient (Wildman–Crippen LogP) is 2.85. The highest BCUT2D eigenvalue weighted by atomic mass is 19.1. The summed E-state index contributed by atoms with van der Waals surface area (Å²) < 4.78 is 19.4. The summed E-state index contributed by atoms with van der Waals surface area (Å²) in [6.07, 6.45) is 2.05. The second kappa shape index (κ2) is 7.19. The molecule has 3 aromatic rings. The molecule has 6 nitrogen and oxygen atoms in total. The molecule has 3 rings (SSSR count). The van der Waals surface area contributed by atoms with Crippen molar-refractivity contribution in [2.75, 3.05) is 6.61 Å². The fourth-order valence-corrected chi connectivity index (χ4v) is 2.99. The van der Waals surface area contributed by atoms with Crippen molar-refractivity contribution in [2.45, 2.75) is 20.3 Å². The summed E-state index contributed by atoms with van der Waals surface area (Å²) in [5.41, 5.74) is 1.97. The third kappa shape index (κ3) is 3.40. The molecule has 0 bridgehead atoms. The Kier molecular flexibility index (Phi) is 4.94. The molecule has 140 valence electrons. The number of esters is 1. The van der Waals surface area contributed by atoms with Gasteiger partial charge in [0.05, 0.1) is 12.1 Å². The topological polar surface area (TPSA) is 81.4 Å². The van der Waals surface area contributed by atoms with E-state index in [0.717, 1.165) is 16.7 Å². The Bertz CT molecular complexity index is 1110. The maximum Gasteiger partial charge on any atom is 0.347 e. The monoisotopic (exact) mass is 370 g/mol. The first-order chi connectivity index (χ1) is 12.8. The molecule has 2 heterocycles. The maximum absolute atomic E-state index is 13.3. The van der Waals surface area contributed by atoms with Crippen molar-refractivity contribution in [3.05, 3.63) is 68.9 Å². The first kappa shape index (κ1) is 18.6. The summed E-state index contributed by atoms with van der Waals surface area (Å²) in [5.74, 6) is -1.67. The van der Waals surface area contributed by atoms with Gasteiger partial charge in [0, 0.05) is 13.2 Å². The van der Waals surface area contributed by atoms with E-state index in [2.05, 4.69) is 4.98 Å². The Balaban J connectivity index is 2.10. The number of halogens is 1. The van der Waals surface area contributed by atoms with E-state index >= 15 is 0 Å². The normalized spacial score (nSPS) is 11.0. The van der Waals surface area contributed by atoms with E-state index in [1.54, 1.807) is 25.3 Å². The average Bonchev–Trinajstić information content (AvgIpc) is 2.62. The average molecular weight is 370 g/mol. The first-order valence-electron chi connectivity index (χ1n) is 8.46. The molecule has 27 heavy (non-hydrogen) atoms. The summed E-state index contributed by atoms with van der Waals surface area (Å²) in [7, 11) is 1.50. The highest BCUT2D eigenvalue weighted by Crippen LogP contribution is 2.26. The molecule has 1 N–H and O–H groups in total. The van der Waals surface area contributed by atoms with Crippen molar-refractivity contribution in [2.24, 2.45) is 7.05 Å². The molecule has 0 unspecified atom stereocenters. The van der Waals surface area contributed by atoms with Crippen LogP contribution in [0.5, 0.6) is 5.75 Å². The molecular formula is C20H19FN2O4. The van der Waals surface area contributed by atoms with Crippen LogP contribution in [-0.2, 0) is 18.2 Å². The number of aromatic nitrogens is 2. The smallest absolute Gasteiger partial charge is 0.347 e. The molecule has 0 amide bonds. The fourth-order valence-electron chi connectivity index (χ4n) is 2.99. The van der Waals surface area contributed by atoms with Gasteiger partial charge in [-0.2, -0.15) is 0 Å². The van der Waals surface area contributed by atoms with Gasteiger partial charge in [0.15, 0.2) is 11.3 Å². The number of hydrogen-bond acceptors (Lipinski definition) is 5. The molecule has 1 aromatic carbocycles. The number of carbonyl (C=O) groups is 1. The van der Waals surface area contributed by atoms with Gasteiger partial charge < -0.3 is 14.4 Å². The number of aryl methyl sites for hydroxylation is 2. The minimum absolute atomic E-state index is 0.0862. The van der Waals surface area contributed by atoms with Gasteiger partial charge in [-0.3, -0.25) is 9.78 Å². The maximum atomic E-state index is 13.3. The summed E-state index contributed by atoms with van der Waals surface area (Å²) in [6.45, 7) is 3.52. The lowest BCUT2D eigenvalue weighted by molar-refractivity contribution is 0.0520. The van der Waals surface area contributed by atoms with Crippen molar-refractivity contribution in [3.63, 3.8) is 0 Å². The second-order valence-electron chi connectivity index (χ2n) is 6.27. The zero-order valence-electron chi connectivity index (χ0n) is 15.2. The van der Waals surface area contributed by atoms with Crippen LogP contribution in [0.25, 0.3) is 11.0 Å². The second-order valence-corrected chi connectivity index (χ2v) is 6.27. The summed E-state index contributed by atoms with van der Waals surface area (Å²) in [5, 5.41) is 10.4. The van der Waals surface area contributed by atoms with Crippen molar-refractivity contribution in [1.29, 1.82) is 0 Å². The van der Waals surface area contributed by atoms with Crippen LogP contribution in [0.1, 0.15) is 34.0 Å². The molecule has 0 saturated heterocycles. The Hall–Kier alpha value is -3.22. The third-order valence-electron chi connectivity index (χ3n) is 4.44. The number of ether oxygens (including phenoxy) is 1. The first-order valence-corrected chi connectivity index (χ1v) is 8.46. The standard InChI is InChI=1S/C20H19FN2O4/c1-4-27-20(26)16-18(24)17-15(23(3)19(16)25)9-12(10-22-17)8-13-5-6-14(21)7-11(13)2/h5-7,9-10,24H,4,8H2,1-3H3. The van der Waals surface area contributed by atoms with Gasteiger partial charge in [0.25, 0.3) is 5.56 Å². The zero-order valence-corrected chi connectivity index (χ0v) is 15.2. The lowest BCUT2D eigenvalue weighted by Gasteiger charge is -2.12. The van der Waals surface area contributed by atoms with Gasteiger partial charge in [-0.1, -0.05) is 6.07 Å². The molecule has 7 heteroatoms. The van der Waals surface area contributed by atoms with Crippen LogP contribution in [0, 0.1) is 12.7 Å². The molecule has 0 radical (unpaired) electrons. The lowest BCUT2D eigenvalue weighted by atomic mass is 10.0. The Morgan fingerprint density at radius 3 is 2.74 bits per heavy atom. The number of pyridine rings is 2. The number of hydrogen-bond donors (Lipinski definition) is 1. The van der Waals surface area contributed by atoms with Crippen molar-refractivity contribution in [1.82, 2.24) is 9.55 Å². The summed E-state index contributed by atoms with van der Waals surface area (Å²) >= 11 is 0. The predicted molar refractivity (Wildman–Crippen MR) is 98.5 cm³/mol. The third-order valence-corrected chi connectivity index (χ3v) is 4.44. The van der Waals surface area contributed by atoms with Crippen LogP contribution < -0.4 is 5.56 Å². The zero-order chi connectivity index (χ0) is 19.7. The largest absolute Gasteiger partial charge is 0.505 e. The van der Waals surface area contributed by atoms with Crippen LogP contribution in [-0.4, -0.2) is 27.2 Å². The van der Waals surface area contributed by atoms with Gasteiger partial charge in [0.2, 0.25) is 0 Å². The Morgan fingerprint density at radius 1 is 1.33 bits per heavy atom. The van der Waals surface area contributed by atoms with Gasteiger partial charge >= 0.3 is 5.97 Å². The molecule has 0 fully saturated rings. The quantitative estimate of drug-likeness (QED) is 0.714. The summed E-state index contributed by atoms with van der Waals surface area (Å²) in [4.78, 5) is 28.8. The van der Waals surface area contributed by atoms with E-state index in [1.807, 2.05) is 6.92 Å². The molecule has 0 aliphatic heterocycles. The number of aromatic hydroxyl groups is 1. The lowest BCUT2D eigenvalue weighted by Crippen LogP contribution is -2.26. The Labute approximate surface area is 154 Å². The van der Waals surface area contributed by atoms with Crippen LogP contribution in [0.2, 0.25) is 0 Å². The molecule has 0 aliphatic carbocycles. The van der Waals surface area contributed by atoms with Gasteiger partial charge in [-0.25, -0.2) is 9.18 Å². The Morgan fingerprint density at radius 2 is 2.07 bits per heavy atom. The minimum Gasteiger partial charge on any atom is -0.505 e. The molecule has 0 aliphatic rings. The van der Waals surface area contributed by atoms with E-state index < -0.39 is 22.8 Å². The van der Waals surface area contributed by atoms with E-state index in [0.29, 0.717) is 11.9 Å². The van der Waals surface area contributed by atoms with E-state index in [9.17, 15) is 19.1 Å². The summed E-state index contributed by atoms with van der Waals surface area (Å²) in [6, 6.07) is 6.28. The molecule has 0 spiro atoms. The number of rotatable bonds is 4. The highest BCUT2D eigenvalue weighted by Gasteiger charge is 2.23. The van der Waals surface area contributed by atoms with Crippen LogP contribution in [0.4, 0.5) is 4.39 Å². The van der Waals surface area contributed by atoms with Gasteiger partial charge in [0.1, 0.15) is 11.3 Å². The SMILES string of the molecule is CCOC(=O)c1c(O)c2ncc(Cc3ccc(F)cc3C)cc2n(C)c1=O. The molecule has 2 aromatic heterocycles. The number of benzene rings is 1. The highest BCUT2D eigenvalue weighted by molar-refractivity contribution is 5.98. The molecular weight excluding hydrogens is 351 g/mol. The van der Waals surface area contributed by atoms with E-state index in [1.165, 1.54) is 23.7 Å². The van der Waals surface area contributed by atoms with E-state index in [-0.39, 0.29) is 17.9 Å². The number of nitrogens with zero attached hydrogens (tertiary/aromatic N) is 2. The molecule has 0 atom stereocenters. The minimum atomic E-state index is -0.884. The van der Waals surface area contributed by atoms with Crippen LogP contribution in [0.3, 0.4) is 0 Å². The van der Waals surface area contributed by atoms with Crippen LogP contribution in [0.15, 0.2) is 35.3 Å².